The number of aliphatic carboxylic acids is 1. The van der Waals surface area contributed by atoms with E-state index in [-0.39, 0.29) is 95.4 Å². The molecule has 0 fully saturated rings. The van der Waals surface area contributed by atoms with Gasteiger partial charge in [0.15, 0.2) is 0 Å². The quantitative estimate of drug-likeness (QED) is 0.331. The third kappa shape index (κ3) is 8.97. The van der Waals surface area contributed by atoms with Gasteiger partial charge < -0.3 is 19.4 Å². The molecule has 0 spiro atoms. The fourth-order valence-corrected chi connectivity index (χ4v) is 1.31. The molecule has 0 aliphatic carbocycles. The second-order valence-corrected chi connectivity index (χ2v) is 5.18. The summed E-state index contributed by atoms with van der Waals surface area (Å²) in [6.07, 6.45) is 0.109. The Morgan fingerprint density at radius 1 is 0.955 bits per heavy atom. The van der Waals surface area contributed by atoms with Gasteiger partial charge in [-0.1, -0.05) is 20.1 Å². The maximum absolute atomic E-state index is 11.2. The molecule has 0 radical (unpaired) electrons. The Hall–Kier alpha value is -0.305. The van der Waals surface area contributed by atoms with Crippen LogP contribution < -0.4 is 63.3 Å². The molecule has 0 amide bonds. The van der Waals surface area contributed by atoms with Crippen molar-refractivity contribution in [1.29, 1.82) is 0 Å². The molecule has 7 heteroatoms. The Labute approximate surface area is 179 Å². The summed E-state index contributed by atoms with van der Waals surface area (Å²) in [6.45, 7) is 11.1. The van der Waals surface area contributed by atoms with Gasteiger partial charge in [0.1, 0.15) is 0 Å². The molecular formula is C15H21O6Rb. The van der Waals surface area contributed by atoms with Crippen LogP contribution in [0.2, 0.25) is 0 Å². The summed E-state index contributed by atoms with van der Waals surface area (Å²) < 4.78 is 9.73. The minimum absolute atomic E-state index is 0. The van der Waals surface area contributed by atoms with Crippen molar-refractivity contribution in [2.45, 2.75) is 33.6 Å². The molecule has 0 bridgehead atoms. The number of carboxylic acids is 1. The molecule has 22 heavy (non-hydrogen) atoms. The van der Waals surface area contributed by atoms with E-state index < -0.39 is 23.3 Å². The van der Waals surface area contributed by atoms with Crippen molar-refractivity contribution >= 4 is 17.9 Å². The van der Waals surface area contributed by atoms with Crippen molar-refractivity contribution in [2.24, 2.45) is 5.41 Å². The molecule has 0 atom stereocenters. The molecule has 0 rings (SSSR count). The third-order valence-corrected chi connectivity index (χ3v) is 2.96. The number of carboxylic acid groups (broad SMARTS) is 1. The molecule has 0 aliphatic heterocycles. The van der Waals surface area contributed by atoms with E-state index in [9.17, 15) is 19.5 Å². The number of hydrogen-bond acceptors (Lipinski definition) is 6. The van der Waals surface area contributed by atoms with Crippen LogP contribution in [0.1, 0.15) is 33.6 Å². The van der Waals surface area contributed by atoms with Crippen molar-refractivity contribution < 1.29 is 87.2 Å². The van der Waals surface area contributed by atoms with E-state index >= 15 is 0 Å². The van der Waals surface area contributed by atoms with Crippen LogP contribution in [0, 0.1) is 5.41 Å². The standard InChI is InChI=1S/C15H22O6.Rb/c1-10(2)12(16)20-8-6-15(5,14(18)19)7-9-21-13(17)11(3)4;/h1,3,6-9H2,2,4-5H3,(H,18,19);/q;+1/p-1. The van der Waals surface area contributed by atoms with Crippen LogP contribution in [0.5, 0.6) is 0 Å². The number of carbonyl (C=O) groups excluding carboxylic acids is 3. The van der Waals surface area contributed by atoms with Gasteiger partial charge in [0.05, 0.1) is 13.2 Å². The number of rotatable bonds is 9. The summed E-state index contributed by atoms with van der Waals surface area (Å²) in [4.78, 5) is 33.6. The first-order chi connectivity index (χ1) is 9.60. The molecule has 6 nitrogen and oxygen atoms in total. The molecular weight excluding hydrogens is 362 g/mol. The summed E-state index contributed by atoms with van der Waals surface area (Å²) in [5, 5.41) is 11.2. The molecule has 0 saturated carbocycles. The molecule has 0 saturated heterocycles. The number of esters is 2. The zero-order valence-electron chi connectivity index (χ0n) is 13.7. The van der Waals surface area contributed by atoms with Crippen molar-refractivity contribution in [1.82, 2.24) is 0 Å². The Morgan fingerprint density at radius 2 is 1.27 bits per heavy atom. The van der Waals surface area contributed by atoms with Crippen LogP contribution in [0.3, 0.4) is 0 Å². The maximum Gasteiger partial charge on any atom is 1.00 e. The van der Waals surface area contributed by atoms with Crippen LogP contribution in [0.15, 0.2) is 24.3 Å². The molecule has 0 aromatic heterocycles. The van der Waals surface area contributed by atoms with E-state index in [2.05, 4.69) is 13.2 Å². The SMILES string of the molecule is C=C(C)C(=O)OCCC(C)(CCOC(=O)C(=C)C)C(=O)[O-].[Rb+]. The Kier molecular flexibility index (Phi) is 12.3. The summed E-state index contributed by atoms with van der Waals surface area (Å²) in [7, 11) is 0. The minimum Gasteiger partial charge on any atom is -0.550 e. The van der Waals surface area contributed by atoms with E-state index in [4.69, 9.17) is 9.47 Å². The van der Waals surface area contributed by atoms with Gasteiger partial charge in [0.25, 0.3) is 0 Å². The Bertz CT molecular complexity index is 423. The molecule has 0 aromatic carbocycles. The van der Waals surface area contributed by atoms with Gasteiger partial charge in [-0.3, -0.25) is 0 Å². The molecule has 0 aromatic rings. The van der Waals surface area contributed by atoms with Gasteiger partial charge >= 0.3 is 70.1 Å². The van der Waals surface area contributed by atoms with Gasteiger partial charge in [0, 0.05) is 22.5 Å². The van der Waals surface area contributed by atoms with Gasteiger partial charge in [-0.05, 0) is 26.7 Å². The third-order valence-electron chi connectivity index (χ3n) is 2.96. The Morgan fingerprint density at radius 3 is 1.50 bits per heavy atom. The molecule has 0 unspecified atom stereocenters. The van der Waals surface area contributed by atoms with Crippen LogP contribution in [-0.4, -0.2) is 31.1 Å². The fourth-order valence-electron chi connectivity index (χ4n) is 1.31. The zero-order chi connectivity index (χ0) is 16.6. The molecule has 0 N–H and O–H groups in total. The predicted octanol–water partition coefficient (Wildman–Crippen LogP) is -2.23. The van der Waals surface area contributed by atoms with E-state index in [0.717, 1.165) is 0 Å². The molecule has 118 valence electrons. The predicted molar refractivity (Wildman–Crippen MR) is 73.9 cm³/mol. The summed E-state index contributed by atoms with van der Waals surface area (Å²) in [5.41, 5.74) is -0.786. The second kappa shape index (κ2) is 11.3. The average Bonchev–Trinajstić information content (AvgIpc) is 2.37. The van der Waals surface area contributed by atoms with Crippen LogP contribution in [0.4, 0.5) is 0 Å². The Balaban J connectivity index is 0. The first-order valence-corrected chi connectivity index (χ1v) is 6.47. The van der Waals surface area contributed by atoms with E-state index in [1.807, 2.05) is 0 Å². The van der Waals surface area contributed by atoms with E-state index in [0.29, 0.717) is 0 Å². The summed E-state index contributed by atoms with van der Waals surface area (Å²) in [6, 6.07) is 0. The van der Waals surface area contributed by atoms with Crippen LogP contribution in [0.25, 0.3) is 0 Å². The van der Waals surface area contributed by atoms with Gasteiger partial charge in [0.2, 0.25) is 0 Å². The number of ether oxygens (including phenoxy) is 2. The average molecular weight is 383 g/mol. The monoisotopic (exact) mass is 382 g/mol. The van der Waals surface area contributed by atoms with Gasteiger partial charge in [-0.2, -0.15) is 0 Å². The first-order valence-electron chi connectivity index (χ1n) is 6.47. The second-order valence-electron chi connectivity index (χ2n) is 5.18. The topological polar surface area (TPSA) is 92.7 Å². The minimum atomic E-state index is -1.29. The van der Waals surface area contributed by atoms with Crippen LogP contribution >= 0.6 is 0 Å². The van der Waals surface area contributed by atoms with Gasteiger partial charge in [-0.15, -0.1) is 0 Å². The number of hydrogen-bond donors (Lipinski definition) is 0. The van der Waals surface area contributed by atoms with E-state index in [1.165, 1.54) is 20.8 Å². The van der Waals surface area contributed by atoms with Crippen molar-refractivity contribution in [2.75, 3.05) is 13.2 Å². The maximum atomic E-state index is 11.2. The first kappa shape index (κ1) is 24.0. The zero-order valence-corrected chi connectivity index (χ0v) is 18.6. The van der Waals surface area contributed by atoms with Crippen LogP contribution in [-0.2, 0) is 23.9 Å². The largest absolute Gasteiger partial charge is 1.00 e. The molecule has 0 aliphatic rings. The fraction of sp³-hybridized carbons (Fsp3) is 0.533. The summed E-state index contributed by atoms with van der Waals surface area (Å²) >= 11 is 0. The van der Waals surface area contributed by atoms with Crippen molar-refractivity contribution in [3.63, 3.8) is 0 Å². The smallest absolute Gasteiger partial charge is 0.550 e. The van der Waals surface area contributed by atoms with E-state index in [1.54, 1.807) is 0 Å². The van der Waals surface area contributed by atoms with Crippen molar-refractivity contribution in [3.8, 4) is 0 Å². The summed E-state index contributed by atoms with van der Waals surface area (Å²) in [5.74, 6) is -2.45. The number of carbonyl (C=O) groups is 3. The van der Waals surface area contributed by atoms with Crippen molar-refractivity contribution in [3.05, 3.63) is 24.3 Å². The normalized spacial score (nSPS) is 10.1. The molecule has 0 heterocycles. The van der Waals surface area contributed by atoms with Gasteiger partial charge in [-0.25, -0.2) is 9.59 Å².